The van der Waals surface area contributed by atoms with E-state index < -0.39 is 0 Å². The van der Waals surface area contributed by atoms with Crippen LogP contribution in [-0.2, 0) is 6.42 Å². The Morgan fingerprint density at radius 3 is 2.75 bits per heavy atom. The molecule has 0 amide bonds. The SMILES string of the molecule is CCc1cc(C)nc(OC)c1N. The quantitative estimate of drug-likeness (QED) is 0.725. The molecule has 0 aliphatic carbocycles. The highest BCUT2D eigenvalue weighted by Crippen LogP contribution is 2.23. The molecular formula is C9H14N2O. The van der Waals surface area contributed by atoms with Crippen LogP contribution in [0.4, 0.5) is 5.69 Å². The molecule has 0 aliphatic rings. The molecule has 0 unspecified atom stereocenters. The van der Waals surface area contributed by atoms with Gasteiger partial charge >= 0.3 is 0 Å². The van der Waals surface area contributed by atoms with E-state index in [2.05, 4.69) is 11.9 Å². The van der Waals surface area contributed by atoms with Gasteiger partial charge in [-0.1, -0.05) is 6.92 Å². The maximum atomic E-state index is 5.79. The summed E-state index contributed by atoms with van der Waals surface area (Å²) in [6.07, 6.45) is 0.908. The molecule has 12 heavy (non-hydrogen) atoms. The van der Waals surface area contributed by atoms with Gasteiger partial charge in [0, 0.05) is 5.69 Å². The average molecular weight is 166 g/mol. The zero-order valence-electron chi connectivity index (χ0n) is 7.72. The molecule has 0 fully saturated rings. The van der Waals surface area contributed by atoms with E-state index in [1.165, 1.54) is 0 Å². The first-order valence-electron chi connectivity index (χ1n) is 3.99. The molecular weight excluding hydrogens is 152 g/mol. The summed E-state index contributed by atoms with van der Waals surface area (Å²) in [6.45, 7) is 3.99. The van der Waals surface area contributed by atoms with E-state index in [1.54, 1.807) is 7.11 Å². The number of methoxy groups -OCH3 is 1. The molecule has 2 N–H and O–H groups in total. The second-order valence-corrected chi connectivity index (χ2v) is 2.70. The van der Waals surface area contributed by atoms with Crippen molar-refractivity contribution in [2.45, 2.75) is 20.3 Å². The highest BCUT2D eigenvalue weighted by molar-refractivity contribution is 5.55. The van der Waals surface area contributed by atoms with Crippen molar-refractivity contribution in [1.29, 1.82) is 0 Å². The standard InChI is InChI=1S/C9H14N2O/c1-4-7-5-6(2)11-9(12-3)8(7)10/h5H,4,10H2,1-3H3. The number of aryl methyl sites for hydroxylation is 2. The van der Waals surface area contributed by atoms with E-state index in [4.69, 9.17) is 10.5 Å². The number of nitrogen functional groups attached to an aromatic ring is 1. The van der Waals surface area contributed by atoms with Crippen LogP contribution in [0, 0.1) is 6.92 Å². The van der Waals surface area contributed by atoms with Gasteiger partial charge in [0.05, 0.1) is 12.8 Å². The Morgan fingerprint density at radius 2 is 2.25 bits per heavy atom. The first-order chi connectivity index (χ1) is 5.69. The molecule has 1 aromatic rings. The van der Waals surface area contributed by atoms with Crippen molar-refractivity contribution in [1.82, 2.24) is 4.98 Å². The van der Waals surface area contributed by atoms with Crippen LogP contribution in [0.3, 0.4) is 0 Å². The fourth-order valence-electron chi connectivity index (χ4n) is 1.17. The van der Waals surface area contributed by atoms with Crippen LogP contribution < -0.4 is 10.5 Å². The van der Waals surface area contributed by atoms with Crippen LogP contribution in [0.5, 0.6) is 5.88 Å². The summed E-state index contributed by atoms with van der Waals surface area (Å²) in [6, 6.07) is 1.98. The number of ether oxygens (including phenoxy) is 1. The van der Waals surface area contributed by atoms with Crippen molar-refractivity contribution in [3.05, 3.63) is 17.3 Å². The van der Waals surface area contributed by atoms with Crippen molar-refractivity contribution in [2.24, 2.45) is 0 Å². The summed E-state index contributed by atoms with van der Waals surface area (Å²) in [5.74, 6) is 0.534. The van der Waals surface area contributed by atoms with Gasteiger partial charge in [-0.05, 0) is 25.0 Å². The van der Waals surface area contributed by atoms with E-state index in [-0.39, 0.29) is 0 Å². The lowest BCUT2D eigenvalue weighted by molar-refractivity contribution is 0.399. The smallest absolute Gasteiger partial charge is 0.237 e. The van der Waals surface area contributed by atoms with Crippen molar-refractivity contribution in [2.75, 3.05) is 12.8 Å². The molecule has 0 radical (unpaired) electrons. The molecule has 3 nitrogen and oxygen atoms in total. The predicted octanol–water partition coefficient (Wildman–Crippen LogP) is 1.54. The number of nitrogens with two attached hydrogens (primary N) is 1. The van der Waals surface area contributed by atoms with Gasteiger partial charge in [-0.25, -0.2) is 4.98 Å². The normalized spacial score (nSPS) is 9.92. The molecule has 0 saturated carbocycles. The largest absolute Gasteiger partial charge is 0.480 e. The third-order valence-corrected chi connectivity index (χ3v) is 1.81. The number of rotatable bonds is 2. The van der Waals surface area contributed by atoms with E-state index >= 15 is 0 Å². The summed E-state index contributed by atoms with van der Waals surface area (Å²) < 4.78 is 5.03. The first kappa shape index (κ1) is 8.84. The molecule has 0 saturated heterocycles. The fourth-order valence-corrected chi connectivity index (χ4v) is 1.17. The third-order valence-electron chi connectivity index (χ3n) is 1.81. The second kappa shape index (κ2) is 3.43. The monoisotopic (exact) mass is 166 g/mol. The molecule has 0 spiro atoms. The van der Waals surface area contributed by atoms with Gasteiger partial charge in [0.25, 0.3) is 0 Å². The summed E-state index contributed by atoms with van der Waals surface area (Å²) in [4.78, 5) is 4.15. The van der Waals surface area contributed by atoms with E-state index in [1.807, 2.05) is 13.0 Å². The first-order valence-corrected chi connectivity index (χ1v) is 3.99. The topological polar surface area (TPSA) is 48.1 Å². The Kier molecular flexibility index (Phi) is 2.53. The Balaban J connectivity index is 3.22. The van der Waals surface area contributed by atoms with Gasteiger partial charge in [-0.2, -0.15) is 0 Å². The van der Waals surface area contributed by atoms with Gasteiger partial charge in [0.1, 0.15) is 0 Å². The number of hydrogen-bond donors (Lipinski definition) is 1. The predicted molar refractivity (Wildman–Crippen MR) is 49.3 cm³/mol. The van der Waals surface area contributed by atoms with Crippen LogP contribution in [-0.4, -0.2) is 12.1 Å². The van der Waals surface area contributed by atoms with E-state index in [0.29, 0.717) is 11.6 Å². The molecule has 1 rings (SSSR count). The molecule has 0 bridgehead atoms. The maximum absolute atomic E-state index is 5.79. The molecule has 0 aromatic carbocycles. The molecule has 0 aliphatic heterocycles. The highest BCUT2D eigenvalue weighted by Gasteiger charge is 2.06. The molecule has 66 valence electrons. The van der Waals surface area contributed by atoms with Crippen LogP contribution in [0.25, 0.3) is 0 Å². The van der Waals surface area contributed by atoms with Crippen molar-refractivity contribution >= 4 is 5.69 Å². The number of anilines is 1. The van der Waals surface area contributed by atoms with Crippen molar-refractivity contribution in [3.63, 3.8) is 0 Å². The number of aromatic nitrogens is 1. The Morgan fingerprint density at radius 1 is 1.58 bits per heavy atom. The minimum Gasteiger partial charge on any atom is -0.480 e. The van der Waals surface area contributed by atoms with Crippen LogP contribution in [0.2, 0.25) is 0 Å². The van der Waals surface area contributed by atoms with Gasteiger partial charge in [-0.15, -0.1) is 0 Å². The zero-order valence-corrected chi connectivity index (χ0v) is 7.72. The van der Waals surface area contributed by atoms with Gasteiger partial charge < -0.3 is 10.5 Å². The minimum atomic E-state index is 0.534. The fraction of sp³-hybridized carbons (Fsp3) is 0.444. The molecule has 0 atom stereocenters. The van der Waals surface area contributed by atoms with Crippen LogP contribution in [0.15, 0.2) is 6.07 Å². The Bertz CT molecular complexity index is 259. The summed E-state index contributed by atoms with van der Waals surface area (Å²) >= 11 is 0. The lowest BCUT2D eigenvalue weighted by atomic mass is 10.1. The summed E-state index contributed by atoms with van der Waals surface area (Å²) in [7, 11) is 1.58. The van der Waals surface area contributed by atoms with E-state index in [9.17, 15) is 0 Å². The number of hydrogen-bond acceptors (Lipinski definition) is 3. The minimum absolute atomic E-state index is 0.534. The summed E-state index contributed by atoms with van der Waals surface area (Å²) in [5, 5.41) is 0. The van der Waals surface area contributed by atoms with Crippen LogP contribution >= 0.6 is 0 Å². The van der Waals surface area contributed by atoms with E-state index in [0.717, 1.165) is 17.7 Å². The maximum Gasteiger partial charge on any atom is 0.237 e. The Labute approximate surface area is 72.6 Å². The van der Waals surface area contributed by atoms with Gasteiger partial charge in [0.2, 0.25) is 5.88 Å². The van der Waals surface area contributed by atoms with Crippen molar-refractivity contribution in [3.8, 4) is 5.88 Å². The molecule has 1 heterocycles. The Hall–Kier alpha value is -1.25. The van der Waals surface area contributed by atoms with Crippen molar-refractivity contribution < 1.29 is 4.74 Å². The van der Waals surface area contributed by atoms with Crippen LogP contribution in [0.1, 0.15) is 18.2 Å². The highest BCUT2D eigenvalue weighted by atomic mass is 16.5. The lowest BCUT2D eigenvalue weighted by Gasteiger charge is -2.08. The number of pyridine rings is 1. The average Bonchev–Trinajstić information content (AvgIpc) is 2.08. The summed E-state index contributed by atoms with van der Waals surface area (Å²) in [5.41, 5.74) is 8.48. The lowest BCUT2D eigenvalue weighted by Crippen LogP contribution is -2.01. The number of nitrogens with zero attached hydrogens (tertiary/aromatic N) is 1. The third kappa shape index (κ3) is 1.49. The molecule has 3 heteroatoms. The van der Waals surface area contributed by atoms with Gasteiger partial charge in [-0.3, -0.25) is 0 Å². The molecule has 1 aromatic heterocycles. The second-order valence-electron chi connectivity index (χ2n) is 2.70. The van der Waals surface area contributed by atoms with Gasteiger partial charge in [0.15, 0.2) is 0 Å². The zero-order chi connectivity index (χ0) is 9.14.